The second-order valence-corrected chi connectivity index (χ2v) is 6.57. The summed E-state index contributed by atoms with van der Waals surface area (Å²) in [6, 6.07) is 2.93. The fraction of sp³-hybridized carbons (Fsp3) is 0.417. The van der Waals surface area contributed by atoms with Gasteiger partial charge < -0.3 is 10.1 Å². The molecule has 1 heterocycles. The number of carbonyl (C=O) groups excluding carboxylic acids is 1. The number of ether oxygens (including phenoxy) is 1. The summed E-state index contributed by atoms with van der Waals surface area (Å²) in [5, 5.41) is 7.58. The van der Waals surface area contributed by atoms with E-state index in [1.54, 1.807) is 6.92 Å². The highest BCUT2D eigenvalue weighted by Gasteiger charge is 2.32. The number of primary sulfonamides is 1. The molecule has 1 amide bonds. The van der Waals surface area contributed by atoms with Crippen molar-refractivity contribution < 1.29 is 22.3 Å². The number of sulfonamides is 1. The van der Waals surface area contributed by atoms with Gasteiger partial charge in [0.2, 0.25) is 10.0 Å². The standard InChI is InChI=1S/C12H15FN2O4S/c1-12(4-5-19-7-12)15-11(16)9-3-2-8(6-10(9)13)20(14,17)18/h2-3,6H,4-5,7H2,1H3,(H,15,16)(H2,14,17,18). The van der Waals surface area contributed by atoms with Gasteiger partial charge in [0.25, 0.3) is 5.91 Å². The minimum atomic E-state index is -3.99. The molecule has 0 aliphatic carbocycles. The first kappa shape index (κ1) is 14.9. The second-order valence-electron chi connectivity index (χ2n) is 5.00. The van der Waals surface area contributed by atoms with Gasteiger partial charge in [-0.2, -0.15) is 0 Å². The molecular formula is C12H15FN2O4S. The first-order valence-corrected chi connectivity index (χ1v) is 7.49. The minimum Gasteiger partial charge on any atom is -0.379 e. The van der Waals surface area contributed by atoms with Crippen molar-refractivity contribution >= 4 is 15.9 Å². The molecule has 110 valence electrons. The number of carbonyl (C=O) groups is 1. The van der Waals surface area contributed by atoms with Crippen LogP contribution in [0.4, 0.5) is 4.39 Å². The molecule has 1 fully saturated rings. The van der Waals surface area contributed by atoms with Crippen LogP contribution < -0.4 is 10.5 Å². The van der Waals surface area contributed by atoms with Crippen LogP contribution in [0.2, 0.25) is 0 Å². The number of amides is 1. The van der Waals surface area contributed by atoms with Gasteiger partial charge in [0.15, 0.2) is 0 Å². The Bertz CT molecular complexity index is 639. The van der Waals surface area contributed by atoms with E-state index in [0.29, 0.717) is 19.6 Å². The van der Waals surface area contributed by atoms with E-state index in [4.69, 9.17) is 9.88 Å². The van der Waals surface area contributed by atoms with Crippen LogP contribution in [0, 0.1) is 5.82 Å². The van der Waals surface area contributed by atoms with Crippen molar-refractivity contribution in [3.8, 4) is 0 Å². The summed E-state index contributed by atoms with van der Waals surface area (Å²) in [4.78, 5) is 11.6. The molecule has 0 saturated carbocycles. The minimum absolute atomic E-state index is 0.231. The van der Waals surface area contributed by atoms with Crippen molar-refractivity contribution in [2.75, 3.05) is 13.2 Å². The molecular weight excluding hydrogens is 287 g/mol. The number of hydrogen-bond acceptors (Lipinski definition) is 4. The van der Waals surface area contributed by atoms with Gasteiger partial charge in [-0.3, -0.25) is 4.79 Å². The molecule has 0 spiro atoms. The monoisotopic (exact) mass is 302 g/mol. The van der Waals surface area contributed by atoms with E-state index in [9.17, 15) is 17.6 Å². The fourth-order valence-corrected chi connectivity index (χ4v) is 2.49. The molecule has 1 aromatic carbocycles. The Morgan fingerprint density at radius 3 is 2.70 bits per heavy atom. The largest absolute Gasteiger partial charge is 0.379 e. The van der Waals surface area contributed by atoms with Gasteiger partial charge in [0.1, 0.15) is 5.82 Å². The molecule has 6 nitrogen and oxygen atoms in total. The van der Waals surface area contributed by atoms with Crippen molar-refractivity contribution in [3.05, 3.63) is 29.6 Å². The van der Waals surface area contributed by atoms with Crippen molar-refractivity contribution in [2.45, 2.75) is 23.8 Å². The first-order chi connectivity index (χ1) is 9.21. The fourth-order valence-electron chi connectivity index (χ4n) is 1.96. The van der Waals surface area contributed by atoms with Crippen molar-refractivity contribution in [2.24, 2.45) is 5.14 Å². The third-order valence-electron chi connectivity index (χ3n) is 3.15. The van der Waals surface area contributed by atoms with Crippen molar-refractivity contribution in [3.63, 3.8) is 0 Å². The van der Waals surface area contributed by atoms with Crippen molar-refractivity contribution in [1.29, 1.82) is 0 Å². The van der Waals surface area contributed by atoms with Crippen LogP contribution in [-0.2, 0) is 14.8 Å². The Balaban J connectivity index is 2.23. The van der Waals surface area contributed by atoms with Gasteiger partial charge in [0, 0.05) is 6.61 Å². The van der Waals surface area contributed by atoms with E-state index < -0.39 is 27.3 Å². The molecule has 8 heteroatoms. The molecule has 0 aromatic heterocycles. The SMILES string of the molecule is CC1(NC(=O)c2ccc(S(N)(=O)=O)cc2F)CCOC1. The number of nitrogens with two attached hydrogens (primary N) is 1. The summed E-state index contributed by atoms with van der Waals surface area (Å²) in [6.45, 7) is 2.69. The summed E-state index contributed by atoms with van der Waals surface area (Å²) >= 11 is 0. The summed E-state index contributed by atoms with van der Waals surface area (Å²) < 4.78 is 41.2. The summed E-state index contributed by atoms with van der Waals surface area (Å²) in [7, 11) is -3.99. The van der Waals surface area contributed by atoms with Crippen LogP contribution in [0.15, 0.2) is 23.1 Å². The lowest BCUT2D eigenvalue weighted by molar-refractivity contribution is 0.0885. The average molecular weight is 302 g/mol. The van der Waals surface area contributed by atoms with Crippen LogP contribution in [0.1, 0.15) is 23.7 Å². The zero-order valence-corrected chi connectivity index (χ0v) is 11.7. The van der Waals surface area contributed by atoms with Gasteiger partial charge in [-0.25, -0.2) is 17.9 Å². The molecule has 0 bridgehead atoms. The molecule has 1 aliphatic heterocycles. The van der Waals surface area contributed by atoms with E-state index in [-0.39, 0.29) is 10.5 Å². The lowest BCUT2D eigenvalue weighted by Gasteiger charge is -2.23. The first-order valence-electron chi connectivity index (χ1n) is 5.94. The molecule has 3 N–H and O–H groups in total. The van der Waals surface area contributed by atoms with Crippen LogP contribution in [0.25, 0.3) is 0 Å². The number of halogens is 1. The van der Waals surface area contributed by atoms with Gasteiger partial charge in [-0.15, -0.1) is 0 Å². The lowest BCUT2D eigenvalue weighted by Crippen LogP contribution is -2.46. The Hall–Kier alpha value is -1.51. The molecule has 0 radical (unpaired) electrons. The summed E-state index contributed by atoms with van der Waals surface area (Å²) in [5.74, 6) is -1.55. The van der Waals surface area contributed by atoms with E-state index in [2.05, 4.69) is 5.32 Å². The van der Waals surface area contributed by atoms with Crippen LogP contribution in [-0.4, -0.2) is 33.1 Å². The molecule has 1 aliphatic rings. The molecule has 1 atom stereocenters. The Labute approximate surface area is 116 Å². The number of benzene rings is 1. The van der Waals surface area contributed by atoms with Crippen molar-refractivity contribution in [1.82, 2.24) is 5.32 Å². The zero-order valence-electron chi connectivity index (χ0n) is 10.8. The van der Waals surface area contributed by atoms with Gasteiger partial charge in [-0.1, -0.05) is 0 Å². The number of nitrogens with one attached hydrogen (secondary N) is 1. The maximum Gasteiger partial charge on any atom is 0.254 e. The molecule has 20 heavy (non-hydrogen) atoms. The average Bonchev–Trinajstić information content (AvgIpc) is 2.74. The maximum atomic E-state index is 13.8. The van der Waals surface area contributed by atoms with Gasteiger partial charge in [-0.05, 0) is 31.5 Å². The second kappa shape index (κ2) is 5.12. The topological polar surface area (TPSA) is 98.5 Å². The predicted molar refractivity (Wildman–Crippen MR) is 69.1 cm³/mol. The highest BCUT2D eigenvalue weighted by Crippen LogP contribution is 2.20. The van der Waals surface area contributed by atoms with Crippen LogP contribution in [0.3, 0.4) is 0 Å². The van der Waals surface area contributed by atoms with Crippen LogP contribution in [0.5, 0.6) is 0 Å². The number of rotatable bonds is 3. The highest BCUT2D eigenvalue weighted by atomic mass is 32.2. The van der Waals surface area contributed by atoms with Gasteiger partial charge >= 0.3 is 0 Å². The van der Waals surface area contributed by atoms with E-state index >= 15 is 0 Å². The summed E-state index contributed by atoms with van der Waals surface area (Å²) in [6.07, 6.45) is 0.635. The Kier molecular flexibility index (Phi) is 3.81. The quantitative estimate of drug-likeness (QED) is 0.843. The van der Waals surface area contributed by atoms with E-state index in [1.165, 1.54) is 0 Å². The Morgan fingerprint density at radius 2 is 2.20 bits per heavy atom. The third-order valence-corrected chi connectivity index (χ3v) is 4.06. The smallest absolute Gasteiger partial charge is 0.254 e. The molecule has 1 aromatic rings. The van der Waals surface area contributed by atoms with Gasteiger partial charge in [0.05, 0.1) is 22.6 Å². The summed E-state index contributed by atoms with van der Waals surface area (Å²) in [5.41, 5.74) is -0.771. The maximum absolute atomic E-state index is 13.8. The third kappa shape index (κ3) is 3.14. The van der Waals surface area contributed by atoms with E-state index in [1.807, 2.05) is 0 Å². The highest BCUT2D eigenvalue weighted by molar-refractivity contribution is 7.89. The van der Waals surface area contributed by atoms with E-state index in [0.717, 1.165) is 18.2 Å². The number of hydrogen-bond donors (Lipinski definition) is 2. The molecule has 1 unspecified atom stereocenters. The zero-order chi connectivity index (χ0) is 15.0. The predicted octanol–water partition coefficient (Wildman–Crippen LogP) is 0.382. The normalized spacial score (nSPS) is 22.8. The molecule has 1 saturated heterocycles. The molecule has 2 rings (SSSR count). The Morgan fingerprint density at radius 1 is 1.50 bits per heavy atom. The lowest BCUT2D eigenvalue weighted by atomic mass is 10.0. The van der Waals surface area contributed by atoms with Crippen LogP contribution >= 0.6 is 0 Å².